The van der Waals surface area contributed by atoms with Crippen molar-refractivity contribution in [1.29, 1.82) is 0 Å². The van der Waals surface area contributed by atoms with Gasteiger partial charge in [-0.3, -0.25) is 9.59 Å². The van der Waals surface area contributed by atoms with E-state index >= 15 is 0 Å². The van der Waals surface area contributed by atoms with Crippen LogP contribution in [0.1, 0.15) is 44.7 Å². The lowest BCUT2D eigenvalue weighted by Crippen LogP contribution is -2.41. The van der Waals surface area contributed by atoms with Gasteiger partial charge in [0.15, 0.2) is 0 Å². The molecular weight excluding hydrogens is 280 g/mol. The van der Waals surface area contributed by atoms with Crippen LogP contribution in [0.5, 0.6) is 5.75 Å². The van der Waals surface area contributed by atoms with Crippen molar-refractivity contribution in [3.63, 3.8) is 0 Å². The Balaban J connectivity index is 2.07. The second kappa shape index (κ2) is 6.38. The maximum Gasteiger partial charge on any atom is 0.242 e. The third-order valence-electron chi connectivity index (χ3n) is 3.91. The molecule has 0 radical (unpaired) electrons. The highest BCUT2D eigenvalue weighted by molar-refractivity contribution is 5.90. The zero-order valence-corrected chi connectivity index (χ0v) is 13.7. The molecule has 1 aliphatic heterocycles. The Kier molecular flexibility index (Phi) is 4.74. The number of hydrogen-bond donors (Lipinski definition) is 2. The molecular formula is C17H24N2O3. The first kappa shape index (κ1) is 16.3. The summed E-state index contributed by atoms with van der Waals surface area (Å²) >= 11 is 0. The molecule has 5 heteroatoms. The highest BCUT2D eigenvalue weighted by Crippen LogP contribution is 2.27. The van der Waals surface area contributed by atoms with Crippen LogP contribution in [0.15, 0.2) is 18.2 Å². The topological polar surface area (TPSA) is 67.4 Å². The number of benzene rings is 1. The number of amides is 2. The van der Waals surface area contributed by atoms with Crippen LogP contribution >= 0.6 is 0 Å². The number of ether oxygens (including phenoxy) is 1. The predicted octanol–water partition coefficient (Wildman–Crippen LogP) is 1.89. The SMILES string of the molecule is COc1ccc(C(C)(C)C)cc1CNC(=O)C1CCC(=O)N1. The summed E-state index contributed by atoms with van der Waals surface area (Å²) in [5.41, 5.74) is 2.16. The molecule has 1 saturated heterocycles. The third kappa shape index (κ3) is 3.78. The Morgan fingerprint density at radius 2 is 2.14 bits per heavy atom. The lowest BCUT2D eigenvalue weighted by molar-refractivity contribution is -0.125. The van der Waals surface area contributed by atoms with Crippen LogP contribution in [0.3, 0.4) is 0 Å². The summed E-state index contributed by atoms with van der Waals surface area (Å²) in [6.07, 6.45) is 0.977. The van der Waals surface area contributed by atoms with E-state index in [9.17, 15) is 9.59 Å². The van der Waals surface area contributed by atoms with Gasteiger partial charge in [0, 0.05) is 18.5 Å². The van der Waals surface area contributed by atoms with Gasteiger partial charge >= 0.3 is 0 Å². The van der Waals surface area contributed by atoms with Crippen molar-refractivity contribution in [1.82, 2.24) is 10.6 Å². The monoisotopic (exact) mass is 304 g/mol. The van der Waals surface area contributed by atoms with Gasteiger partial charge in [-0.05, 0) is 29.5 Å². The number of methoxy groups -OCH3 is 1. The molecule has 1 aromatic rings. The van der Waals surface area contributed by atoms with Crippen LogP contribution in [0.4, 0.5) is 0 Å². The normalized spacial score (nSPS) is 18.0. The molecule has 0 aliphatic carbocycles. The smallest absolute Gasteiger partial charge is 0.242 e. The van der Waals surface area contributed by atoms with Crippen molar-refractivity contribution >= 4 is 11.8 Å². The number of nitrogens with one attached hydrogen (secondary N) is 2. The van der Waals surface area contributed by atoms with E-state index in [1.807, 2.05) is 12.1 Å². The number of rotatable bonds is 4. The molecule has 1 atom stereocenters. The minimum absolute atomic E-state index is 0.0322. The highest BCUT2D eigenvalue weighted by atomic mass is 16.5. The van der Waals surface area contributed by atoms with Gasteiger partial charge in [0.25, 0.3) is 0 Å². The minimum atomic E-state index is -0.413. The Morgan fingerprint density at radius 3 is 2.68 bits per heavy atom. The lowest BCUT2D eigenvalue weighted by Gasteiger charge is -2.21. The van der Waals surface area contributed by atoms with E-state index in [0.29, 0.717) is 19.4 Å². The van der Waals surface area contributed by atoms with Crippen LogP contribution in [-0.4, -0.2) is 25.0 Å². The van der Waals surface area contributed by atoms with E-state index in [0.717, 1.165) is 11.3 Å². The van der Waals surface area contributed by atoms with Crippen LogP contribution in [0.2, 0.25) is 0 Å². The maximum absolute atomic E-state index is 12.1. The molecule has 2 N–H and O–H groups in total. The summed E-state index contributed by atoms with van der Waals surface area (Å²) in [7, 11) is 1.62. The van der Waals surface area contributed by atoms with E-state index in [-0.39, 0.29) is 17.2 Å². The van der Waals surface area contributed by atoms with Gasteiger partial charge in [-0.1, -0.05) is 26.8 Å². The van der Waals surface area contributed by atoms with Gasteiger partial charge in [-0.2, -0.15) is 0 Å². The van der Waals surface area contributed by atoms with Gasteiger partial charge in [-0.25, -0.2) is 0 Å². The Hall–Kier alpha value is -2.04. The second-order valence-corrected chi connectivity index (χ2v) is 6.65. The Bertz CT molecular complexity index is 576. The summed E-state index contributed by atoms with van der Waals surface area (Å²) in [6.45, 7) is 6.82. The molecule has 0 saturated carbocycles. The van der Waals surface area contributed by atoms with Crippen LogP contribution < -0.4 is 15.4 Å². The van der Waals surface area contributed by atoms with Crippen molar-refractivity contribution in [3.8, 4) is 5.75 Å². The molecule has 0 bridgehead atoms. The predicted molar refractivity (Wildman–Crippen MR) is 84.7 cm³/mol. The number of hydrogen-bond acceptors (Lipinski definition) is 3. The minimum Gasteiger partial charge on any atom is -0.496 e. The molecule has 2 amide bonds. The number of carbonyl (C=O) groups excluding carboxylic acids is 2. The Morgan fingerprint density at radius 1 is 1.41 bits per heavy atom. The van der Waals surface area contributed by atoms with Gasteiger partial charge < -0.3 is 15.4 Å². The van der Waals surface area contributed by atoms with Crippen LogP contribution in [-0.2, 0) is 21.5 Å². The molecule has 1 aromatic carbocycles. The Labute approximate surface area is 131 Å². The summed E-state index contributed by atoms with van der Waals surface area (Å²) in [6, 6.07) is 5.62. The first-order valence-electron chi connectivity index (χ1n) is 7.55. The molecule has 0 aromatic heterocycles. The van der Waals surface area contributed by atoms with E-state index < -0.39 is 6.04 Å². The van der Waals surface area contributed by atoms with Gasteiger partial charge in [0.05, 0.1) is 7.11 Å². The zero-order chi connectivity index (χ0) is 16.3. The van der Waals surface area contributed by atoms with Gasteiger partial charge in [-0.15, -0.1) is 0 Å². The van der Waals surface area contributed by atoms with Crippen molar-refractivity contribution in [2.75, 3.05) is 7.11 Å². The van der Waals surface area contributed by atoms with Crippen molar-refractivity contribution in [2.45, 2.75) is 51.6 Å². The van der Waals surface area contributed by atoms with Gasteiger partial charge in [0.1, 0.15) is 11.8 Å². The summed E-state index contributed by atoms with van der Waals surface area (Å²) in [4.78, 5) is 23.3. The van der Waals surface area contributed by atoms with E-state index in [1.165, 1.54) is 5.56 Å². The quantitative estimate of drug-likeness (QED) is 0.892. The molecule has 1 heterocycles. The van der Waals surface area contributed by atoms with Crippen LogP contribution in [0, 0.1) is 0 Å². The van der Waals surface area contributed by atoms with Gasteiger partial charge in [0.2, 0.25) is 11.8 Å². The van der Waals surface area contributed by atoms with Crippen LogP contribution in [0.25, 0.3) is 0 Å². The summed E-state index contributed by atoms with van der Waals surface area (Å²) in [5.74, 6) is 0.547. The first-order chi connectivity index (χ1) is 10.3. The average molecular weight is 304 g/mol. The van der Waals surface area contributed by atoms with Crippen molar-refractivity contribution in [3.05, 3.63) is 29.3 Å². The van der Waals surface area contributed by atoms with Crippen molar-refractivity contribution in [2.24, 2.45) is 0 Å². The van der Waals surface area contributed by atoms with Crippen molar-refractivity contribution < 1.29 is 14.3 Å². The first-order valence-corrected chi connectivity index (χ1v) is 7.55. The van der Waals surface area contributed by atoms with E-state index in [1.54, 1.807) is 7.11 Å². The summed E-state index contributed by atoms with van der Waals surface area (Å²) in [5, 5.41) is 5.55. The fourth-order valence-corrected chi connectivity index (χ4v) is 2.50. The fourth-order valence-electron chi connectivity index (χ4n) is 2.50. The fraction of sp³-hybridized carbons (Fsp3) is 0.529. The van der Waals surface area contributed by atoms with E-state index in [4.69, 9.17) is 4.74 Å². The standard InChI is InChI=1S/C17H24N2O3/c1-17(2,3)12-5-7-14(22-4)11(9-12)10-18-16(21)13-6-8-15(20)19-13/h5,7,9,13H,6,8,10H2,1-4H3,(H,18,21)(H,19,20). The maximum atomic E-state index is 12.1. The molecule has 1 unspecified atom stereocenters. The number of carbonyl (C=O) groups is 2. The molecule has 2 rings (SSSR count). The highest BCUT2D eigenvalue weighted by Gasteiger charge is 2.27. The molecule has 5 nitrogen and oxygen atoms in total. The molecule has 0 spiro atoms. The van der Waals surface area contributed by atoms with E-state index in [2.05, 4.69) is 37.5 Å². The molecule has 22 heavy (non-hydrogen) atoms. The summed E-state index contributed by atoms with van der Waals surface area (Å²) < 4.78 is 5.37. The molecule has 120 valence electrons. The molecule has 1 aliphatic rings. The average Bonchev–Trinajstić information content (AvgIpc) is 2.90. The zero-order valence-electron chi connectivity index (χ0n) is 13.7. The third-order valence-corrected chi connectivity index (χ3v) is 3.91. The lowest BCUT2D eigenvalue weighted by atomic mass is 9.86. The second-order valence-electron chi connectivity index (χ2n) is 6.65. The molecule has 1 fully saturated rings. The largest absolute Gasteiger partial charge is 0.496 e.